The fraction of sp³-hybridized carbons (Fsp3) is 0.375. The molecule has 0 saturated heterocycles. The van der Waals surface area contributed by atoms with Gasteiger partial charge in [-0.15, -0.1) is 5.10 Å². The molecule has 0 aliphatic heterocycles. The van der Waals surface area contributed by atoms with Crippen molar-refractivity contribution >= 4 is 29.1 Å². The number of carbonyl (C=O) groups excluding carboxylic acids is 2. The maximum absolute atomic E-state index is 13.7. The number of hydrogen-bond donors (Lipinski definition) is 1. The van der Waals surface area contributed by atoms with Crippen molar-refractivity contribution in [1.82, 2.24) is 25.5 Å². The molecule has 1 aromatic heterocycles. The standard InChI is InChI=1S/C24H25ClF2N6O2/c1-16-5-4-6-18(13-16)33(21(34)14-32-15-28-30-31-32)22(19-7-2-3-8-20(19)25)23(35)29-17-9-11-24(26,27)12-10-17/h2-8,13,15,17,22H,9-12,14H2,1H3,(H,29,35). The summed E-state index contributed by atoms with van der Waals surface area (Å²) in [6, 6.07) is 12.4. The number of nitrogens with zero attached hydrogens (tertiary/aromatic N) is 5. The topological polar surface area (TPSA) is 93.0 Å². The van der Waals surface area contributed by atoms with Gasteiger partial charge in [-0.1, -0.05) is 41.9 Å². The summed E-state index contributed by atoms with van der Waals surface area (Å²) in [6.07, 6.45) is 1.01. The lowest BCUT2D eigenvalue weighted by molar-refractivity contribution is -0.128. The van der Waals surface area contributed by atoms with E-state index in [4.69, 9.17) is 11.6 Å². The summed E-state index contributed by atoms with van der Waals surface area (Å²) in [5.41, 5.74) is 1.79. The summed E-state index contributed by atoms with van der Waals surface area (Å²) in [7, 11) is 0. The van der Waals surface area contributed by atoms with E-state index in [0.29, 0.717) is 16.3 Å². The number of carbonyl (C=O) groups is 2. The maximum Gasteiger partial charge on any atom is 0.249 e. The van der Waals surface area contributed by atoms with E-state index in [1.54, 1.807) is 42.5 Å². The van der Waals surface area contributed by atoms with Crippen molar-refractivity contribution in [3.63, 3.8) is 0 Å². The number of aryl methyl sites for hydroxylation is 1. The molecule has 1 heterocycles. The van der Waals surface area contributed by atoms with E-state index in [2.05, 4.69) is 20.8 Å². The summed E-state index contributed by atoms with van der Waals surface area (Å²) >= 11 is 6.50. The van der Waals surface area contributed by atoms with Crippen molar-refractivity contribution in [2.45, 2.75) is 57.2 Å². The highest BCUT2D eigenvalue weighted by Gasteiger charge is 2.39. The highest BCUT2D eigenvalue weighted by atomic mass is 35.5. The molecular weight excluding hydrogens is 478 g/mol. The van der Waals surface area contributed by atoms with Crippen LogP contribution in [0.3, 0.4) is 0 Å². The molecule has 35 heavy (non-hydrogen) atoms. The third-order valence-corrected chi connectivity index (χ3v) is 6.35. The van der Waals surface area contributed by atoms with E-state index in [9.17, 15) is 18.4 Å². The van der Waals surface area contributed by atoms with Gasteiger partial charge in [0.25, 0.3) is 0 Å². The van der Waals surface area contributed by atoms with Crippen LogP contribution < -0.4 is 10.2 Å². The van der Waals surface area contributed by atoms with Crippen molar-refractivity contribution in [2.75, 3.05) is 4.90 Å². The molecule has 2 amide bonds. The third kappa shape index (κ3) is 6.00. The van der Waals surface area contributed by atoms with Gasteiger partial charge >= 0.3 is 0 Å². The molecule has 1 atom stereocenters. The van der Waals surface area contributed by atoms with Gasteiger partial charge in [0, 0.05) is 35.2 Å². The monoisotopic (exact) mass is 502 g/mol. The molecule has 1 N–H and O–H groups in total. The normalized spacial score (nSPS) is 16.5. The third-order valence-electron chi connectivity index (χ3n) is 6.01. The Morgan fingerprint density at radius 2 is 1.94 bits per heavy atom. The second kappa shape index (κ2) is 10.5. The van der Waals surface area contributed by atoms with Crippen molar-refractivity contribution in [1.29, 1.82) is 0 Å². The lowest BCUT2D eigenvalue weighted by atomic mass is 9.91. The van der Waals surface area contributed by atoms with E-state index < -0.39 is 29.8 Å². The second-order valence-corrected chi connectivity index (χ2v) is 9.08. The fourth-order valence-electron chi connectivity index (χ4n) is 4.24. The first-order valence-electron chi connectivity index (χ1n) is 11.3. The van der Waals surface area contributed by atoms with Crippen molar-refractivity contribution in [3.8, 4) is 0 Å². The molecule has 1 aliphatic rings. The van der Waals surface area contributed by atoms with Crippen molar-refractivity contribution in [2.24, 2.45) is 0 Å². The first kappa shape index (κ1) is 24.7. The first-order valence-corrected chi connectivity index (χ1v) is 11.6. The summed E-state index contributed by atoms with van der Waals surface area (Å²) in [5, 5.41) is 14.1. The van der Waals surface area contributed by atoms with Crippen LogP contribution in [-0.2, 0) is 16.1 Å². The Balaban J connectivity index is 1.73. The highest BCUT2D eigenvalue weighted by molar-refractivity contribution is 6.31. The van der Waals surface area contributed by atoms with Crippen LogP contribution in [0.25, 0.3) is 0 Å². The number of halogens is 3. The van der Waals surface area contributed by atoms with Gasteiger partial charge in [0.05, 0.1) is 0 Å². The zero-order valence-corrected chi connectivity index (χ0v) is 19.8. The number of rotatable bonds is 7. The summed E-state index contributed by atoms with van der Waals surface area (Å²) < 4.78 is 28.6. The summed E-state index contributed by atoms with van der Waals surface area (Å²) in [6.45, 7) is 1.66. The minimum atomic E-state index is -2.72. The van der Waals surface area contributed by atoms with Gasteiger partial charge in [-0.3, -0.25) is 14.5 Å². The lowest BCUT2D eigenvalue weighted by Crippen LogP contribution is -2.49. The zero-order valence-electron chi connectivity index (χ0n) is 19.1. The number of aromatic nitrogens is 4. The van der Waals surface area contributed by atoms with Crippen LogP contribution in [0.5, 0.6) is 0 Å². The van der Waals surface area contributed by atoms with Crippen molar-refractivity contribution < 1.29 is 18.4 Å². The van der Waals surface area contributed by atoms with Gasteiger partial charge in [-0.05, 0) is 54.0 Å². The first-order chi connectivity index (χ1) is 16.7. The lowest BCUT2D eigenvalue weighted by Gasteiger charge is -2.35. The predicted octanol–water partition coefficient (Wildman–Crippen LogP) is 4.10. The minimum Gasteiger partial charge on any atom is -0.351 e. The quantitative estimate of drug-likeness (QED) is 0.525. The number of benzene rings is 2. The number of alkyl halides is 2. The molecule has 0 spiro atoms. The largest absolute Gasteiger partial charge is 0.351 e. The smallest absolute Gasteiger partial charge is 0.249 e. The van der Waals surface area contributed by atoms with Gasteiger partial charge in [0.2, 0.25) is 17.7 Å². The van der Waals surface area contributed by atoms with E-state index in [-0.39, 0.29) is 32.2 Å². The highest BCUT2D eigenvalue weighted by Crippen LogP contribution is 2.35. The Hall–Kier alpha value is -3.40. The predicted molar refractivity (Wildman–Crippen MR) is 126 cm³/mol. The van der Waals surface area contributed by atoms with Crippen LogP contribution >= 0.6 is 11.6 Å². The van der Waals surface area contributed by atoms with Gasteiger partial charge < -0.3 is 5.32 Å². The number of hydrogen-bond acceptors (Lipinski definition) is 5. The maximum atomic E-state index is 13.7. The average molecular weight is 503 g/mol. The molecule has 1 saturated carbocycles. The Kier molecular flexibility index (Phi) is 7.39. The Labute approximate surface area is 206 Å². The minimum absolute atomic E-state index is 0.150. The summed E-state index contributed by atoms with van der Waals surface area (Å²) in [5.74, 6) is -3.67. The molecule has 184 valence electrons. The Bertz CT molecular complexity index is 1180. The molecule has 1 aliphatic carbocycles. The van der Waals surface area contributed by atoms with E-state index in [1.165, 1.54) is 15.9 Å². The molecule has 4 rings (SSSR count). The van der Waals surface area contributed by atoms with Crippen LogP contribution in [0.1, 0.15) is 42.9 Å². The zero-order chi connectivity index (χ0) is 25.0. The van der Waals surface area contributed by atoms with Crippen LogP contribution in [0, 0.1) is 6.92 Å². The molecule has 8 nitrogen and oxygen atoms in total. The van der Waals surface area contributed by atoms with E-state index in [0.717, 1.165) is 5.56 Å². The molecule has 11 heteroatoms. The van der Waals surface area contributed by atoms with Crippen LogP contribution in [0.4, 0.5) is 14.5 Å². The number of nitrogens with one attached hydrogen (secondary N) is 1. The molecule has 1 fully saturated rings. The summed E-state index contributed by atoms with van der Waals surface area (Å²) in [4.78, 5) is 28.7. The Morgan fingerprint density at radius 1 is 1.20 bits per heavy atom. The van der Waals surface area contributed by atoms with Gasteiger partial charge in [0.15, 0.2) is 0 Å². The molecular formula is C24H25ClF2N6O2. The molecule has 0 radical (unpaired) electrons. The van der Waals surface area contributed by atoms with Gasteiger partial charge in [0.1, 0.15) is 18.9 Å². The van der Waals surface area contributed by atoms with Gasteiger partial charge in [-0.25, -0.2) is 13.5 Å². The number of tetrazole rings is 1. The molecule has 0 bridgehead atoms. The van der Waals surface area contributed by atoms with E-state index in [1.807, 2.05) is 13.0 Å². The van der Waals surface area contributed by atoms with Crippen LogP contribution in [0.2, 0.25) is 5.02 Å². The Morgan fingerprint density at radius 3 is 2.60 bits per heavy atom. The number of amides is 2. The second-order valence-electron chi connectivity index (χ2n) is 8.67. The van der Waals surface area contributed by atoms with Crippen LogP contribution in [-0.4, -0.2) is 44.0 Å². The van der Waals surface area contributed by atoms with E-state index >= 15 is 0 Å². The molecule has 3 aromatic rings. The van der Waals surface area contributed by atoms with Crippen LogP contribution in [0.15, 0.2) is 54.9 Å². The number of anilines is 1. The molecule has 2 aromatic carbocycles. The SMILES string of the molecule is Cc1cccc(N(C(=O)Cn2cnnn2)C(C(=O)NC2CCC(F)(F)CC2)c2ccccc2Cl)c1. The fourth-order valence-corrected chi connectivity index (χ4v) is 4.48. The van der Waals surface area contributed by atoms with Gasteiger partial charge in [-0.2, -0.15) is 0 Å². The molecule has 1 unspecified atom stereocenters. The van der Waals surface area contributed by atoms with Crippen molar-refractivity contribution in [3.05, 3.63) is 71.0 Å². The average Bonchev–Trinajstić information content (AvgIpc) is 3.32.